The van der Waals surface area contributed by atoms with Gasteiger partial charge < -0.3 is 15.4 Å². The van der Waals surface area contributed by atoms with Crippen molar-refractivity contribution in [1.29, 1.82) is 0 Å². The summed E-state index contributed by atoms with van der Waals surface area (Å²) in [6, 6.07) is 8.87. The van der Waals surface area contributed by atoms with Crippen molar-refractivity contribution >= 4 is 11.6 Å². The number of benzene rings is 1. The number of rotatable bonds is 3. The van der Waals surface area contributed by atoms with Gasteiger partial charge in [-0.15, -0.1) is 0 Å². The lowest BCUT2D eigenvalue weighted by molar-refractivity contribution is 0.0827. The van der Waals surface area contributed by atoms with Crippen LogP contribution in [0.15, 0.2) is 36.5 Å². The van der Waals surface area contributed by atoms with Gasteiger partial charge in [0.2, 0.25) is 5.88 Å². The van der Waals surface area contributed by atoms with Gasteiger partial charge in [0.15, 0.2) is 5.75 Å². The third-order valence-corrected chi connectivity index (χ3v) is 2.77. The second-order valence-electron chi connectivity index (χ2n) is 4.73. The van der Waals surface area contributed by atoms with Crippen molar-refractivity contribution in [2.45, 2.75) is 6.92 Å². The lowest BCUT2D eigenvalue weighted by atomic mass is 10.2. The van der Waals surface area contributed by atoms with E-state index in [1.807, 2.05) is 19.1 Å². The van der Waals surface area contributed by atoms with E-state index in [0.29, 0.717) is 22.9 Å². The molecule has 5 nitrogen and oxygen atoms in total. The molecule has 0 saturated carbocycles. The number of amides is 1. The van der Waals surface area contributed by atoms with Gasteiger partial charge >= 0.3 is 0 Å². The molecule has 1 amide bonds. The average molecular weight is 271 g/mol. The molecule has 0 bridgehead atoms. The maximum atomic E-state index is 11.7. The van der Waals surface area contributed by atoms with E-state index in [9.17, 15) is 4.79 Å². The fraction of sp³-hybridized carbons (Fsp3) is 0.200. The van der Waals surface area contributed by atoms with Crippen LogP contribution in [0.4, 0.5) is 5.69 Å². The molecule has 2 rings (SSSR count). The van der Waals surface area contributed by atoms with Crippen LogP contribution in [0.2, 0.25) is 0 Å². The SMILES string of the molecule is Cc1ccc(Oc2ccc(C(=O)N(C)C)cn2)c(N)c1. The fourth-order valence-corrected chi connectivity index (χ4v) is 1.70. The summed E-state index contributed by atoms with van der Waals surface area (Å²) in [5, 5.41) is 0. The van der Waals surface area contributed by atoms with E-state index in [1.165, 1.54) is 11.1 Å². The lowest BCUT2D eigenvalue weighted by Crippen LogP contribution is -2.21. The zero-order valence-corrected chi connectivity index (χ0v) is 11.8. The number of aryl methyl sites for hydroxylation is 1. The Labute approximate surface area is 118 Å². The van der Waals surface area contributed by atoms with Gasteiger partial charge in [-0.1, -0.05) is 6.07 Å². The van der Waals surface area contributed by atoms with Crippen LogP contribution in [0.1, 0.15) is 15.9 Å². The summed E-state index contributed by atoms with van der Waals surface area (Å²) >= 11 is 0. The van der Waals surface area contributed by atoms with Gasteiger partial charge in [0, 0.05) is 26.4 Å². The second-order valence-corrected chi connectivity index (χ2v) is 4.73. The minimum absolute atomic E-state index is 0.0982. The highest BCUT2D eigenvalue weighted by Gasteiger charge is 2.09. The molecule has 0 spiro atoms. The third kappa shape index (κ3) is 3.06. The molecular weight excluding hydrogens is 254 g/mol. The van der Waals surface area contributed by atoms with Crippen LogP contribution in [-0.4, -0.2) is 29.9 Å². The monoisotopic (exact) mass is 271 g/mol. The Bertz CT molecular complexity index is 622. The van der Waals surface area contributed by atoms with Crippen molar-refractivity contribution in [2.24, 2.45) is 0 Å². The molecular formula is C15H17N3O2. The van der Waals surface area contributed by atoms with Crippen molar-refractivity contribution in [3.05, 3.63) is 47.7 Å². The molecule has 104 valence electrons. The van der Waals surface area contributed by atoms with E-state index >= 15 is 0 Å². The van der Waals surface area contributed by atoms with Gasteiger partial charge in [0.25, 0.3) is 5.91 Å². The molecule has 20 heavy (non-hydrogen) atoms. The number of hydrogen-bond acceptors (Lipinski definition) is 4. The minimum Gasteiger partial charge on any atom is -0.437 e. The predicted octanol–water partition coefficient (Wildman–Crippen LogP) is 2.47. The molecule has 0 aliphatic carbocycles. The Hall–Kier alpha value is -2.56. The van der Waals surface area contributed by atoms with E-state index in [-0.39, 0.29) is 5.91 Å². The Morgan fingerprint density at radius 2 is 2.00 bits per heavy atom. The van der Waals surface area contributed by atoms with E-state index in [1.54, 1.807) is 32.3 Å². The van der Waals surface area contributed by atoms with Crippen molar-refractivity contribution in [2.75, 3.05) is 19.8 Å². The number of pyridine rings is 1. The number of hydrogen-bond donors (Lipinski definition) is 1. The van der Waals surface area contributed by atoms with Crippen LogP contribution < -0.4 is 10.5 Å². The minimum atomic E-state index is -0.0982. The van der Waals surface area contributed by atoms with E-state index in [4.69, 9.17) is 10.5 Å². The van der Waals surface area contributed by atoms with E-state index < -0.39 is 0 Å². The standard InChI is InChI=1S/C15H17N3O2/c1-10-4-6-13(12(16)8-10)20-14-7-5-11(9-17-14)15(19)18(2)3/h4-9H,16H2,1-3H3. The summed E-state index contributed by atoms with van der Waals surface area (Å²) in [6.45, 7) is 1.96. The first-order chi connectivity index (χ1) is 9.47. The van der Waals surface area contributed by atoms with Crippen LogP contribution in [0.5, 0.6) is 11.6 Å². The highest BCUT2D eigenvalue weighted by Crippen LogP contribution is 2.26. The predicted molar refractivity (Wildman–Crippen MR) is 77.9 cm³/mol. The zero-order valence-electron chi connectivity index (χ0n) is 11.8. The van der Waals surface area contributed by atoms with Crippen LogP contribution in [0.3, 0.4) is 0 Å². The number of carbonyl (C=O) groups is 1. The number of carbonyl (C=O) groups excluding carboxylic acids is 1. The first kappa shape index (κ1) is 13.9. The largest absolute Gasteiger partial charge is 0.437 e. The number of nitrogen functional groups attached to an aromatic ring is 1. The maximum absolute atomic E-state index is 11.7. The molecule has 5 heteroatoms. The molecule has 0 unspecified atom stereocenters. The average Bonchev–Trinajstić information content (AvgIpc) is 2.42. The highest BCUT2D eigenvalue weighted by molar-refractivity contribution is 5.93. The fourth-order valence-electron chi connectivity index (χ4n) is 1.70. The number of nitrogens with two attached hydrogens (primary N) is 1. The topological polar surface area (TPSA) is 68.5 Å². The first-order valence-corrected chi connectivity index (χ1v) is 6.19. The molecule has 0 fully saturated rings. The smallest absolute Gasteiger partial charge is 0.254 e. The second kappa shape index (κ2) is 5.61. The van der Waals surface area contributed by atoms with Crippen molar-refractivity contribution in [3.8, 4) is 11.6 Å². The molecule has 0 aliphatic heterocycles. The Balaban J connectivity index is 2.17. The first-order valence-electron chi connectivity index (χ1n) is 6.19. The van der Waals surface area contributed by atoms with Crippen molar-refractivity contribution in [1.82, 2.24) is 9.88 Å². The Morgan fingerprint density at radius 1 is 1.25 bits per heavy atom. The number of anilines is 1. The van der Waals surface area contributed by atoms with Gasteiger partial charge in [-0.05, 0) is 30.7 Å². The summed E-state index contributed by atoms with van der Waals surface area (Å²) in [7, 11) is 3.39. The molecule has 0 saturated heterocycles. The number of ether oxygens (including phenoxy) is 1. The summed E-state index contributed by atoms with van der Waals surface area (Å²) in [5.74, 6) is 0.851. The van der Waals surface area contributed by atoms with Gasteiger partial charge in [-0.2, -0.15) is 0 Å². The molecule has 1 aromatic heterocycles. The van der Waals surface area contributed by atoms with Crippen LogP contribution in [0.25, 0.3) is 0 Å². The summed E-state index contributed by atoms with van der Waals surface area (Å²) in [5.41, 5.74) is 8.01. The Kier molecular flexibility index (Phi) is 3.89. The molecule has 2 N–H and O–H groups in total. The lowest BCUT2D eigenvalue weighted by Gasteiger charge is -2.11. The van der Waals surface area contributed by atoms with Gasteiger partial charge in [0.1, 0.15) is 0 Å². The van der Waals surface area contributed by atoms with Gasteiger partial charge in [-0.25, -0.2) is 4.98 Å². The van der Waals surface area contributed by atoms with E-state index in [2.05, 4.69) is 4.98 Å². The number of nitrogens with zero attached hydrogens (tertiary/aromatic N) is 2. The van der Waals surface area contributed by atoms with Crippen LogP contribution >= 0.6 is 0 Å². The van der Waals surface area contributed by atoms with Gasteiger partial charge in [-0.3, -0.25) is 4.79 Å². The molecule has 0 radical (unpaired) electrons. The summed E-state index contributed by atoms with van der Waals surface area (Å²) in [4.78, 5) is 17.3. The van der Waals surface area contributed by atoms with Gasteiger partial charge in [0.05, 0.1) is 11.3 Å². The van der Waals surface area contributed by atoms with Crippen molar-refractivity contribution < 1.29 is 9.53 Å². The van der Waals surface area contributed by atoms with E-state index in [0.717, 1.165) is 5.56 Å². The Morgan fingerprint density at radius 3 is 2.55 bits per heavy atom. The highest BCUT2D eigenvalue weighted by atomic mass is 16.5. The maximum Gasteiger partial charge on any atom is 0.254 e. The van der Waals surface area contributed by atoms with Crippen LogP contribution in [-0.2, 0) is 0 Å². The third-order valence-electron chi connectivity index (χ3n) is 2.77. The van der Waals surface area contributed by atoms with Crippen LogP contribution in [0, 0.1) is 6.92 Å². The summed E-state index contributed by atoms with van der Waals surface area (Å²) < 4.78 is 5.60. The molecule has 2 aromatic rings. The quantitative estimate of drug-likeness (QED) is 0.871. The molecule has 1 aromatic carbocycles. The van der Waals surface area contributed by atoms with Crippen molar-refractivity contribution in [3.63, 3.8) is 0 Å². The number of aromatic nitrogens is 1. The molecule has 1 heterocycles. The molecule has 0 atom stereocenters. The normalized spacial score (nSPS) is 10.2. The molecule has 0 aliphatic rings. The summed E-state index contributed by atoms with van der Waals surface area (Å²) in [6.07, 6.45) is 1.49. The zero-order chi connectivity index (χ0) is 14.7.